The fraction of sp³-hybridized carbons (Fsp3) is 0.348. The molecule has 0 saturated carbocycles. The summed E-state index contributed by atoms with van der Waals surface area (Å²) < 4.78 is 6.64. The quantitative estimate of drug-likeness (QED) is 0.658. The summed E-state index contributed by atoms with van der Waals surface area (Å²) in [5.74, 6) is 0.707. The van der Waals surface area contributed by atoms with Gasteiger partial charge < -0.3 is 19.6 Å². The van der Waals surface area contributed by atoms with Crippen LogP contribution in [-0.2, 0) is 6.54 Å². The van der Waals surface area contributed by atoms with E-state index in [0.29, 0.717) is 13.1 Å². The molecule has 0 bridgehead atoms. The number of aryl methyl sites for hydroxylation is 1. The van der Waals surface area contributed by atoms with Crippen molar-refractivity contribution < 1.29 is 14.6 Å². The number of aliphatic hydroxyl groups is 1. The van der Waals surface area contributed by atoms with Crippen molar-refractivity contribution in [2.24, 2.45) is 0 Å². The number of hydrogen-bond donors (Lipinski definition) is 1. The molecule has 1 N–H and O–H groups in total. The highest BCUT2D eigenvalue weighted by atomic mass is 16.5. The molecule has 162 valence electrons. The van der Waals surface area contributed by atoms with Crippen molar-refractivity contribution in [1.82, 2.24) is 19.7 Å². The van der Waals surface area contributed by atoms with Crippen LogP contribution in [0.5, 0.6) is 5.75 Å². The van der Waals surface area contributed by atoms with Gasteiger partial charge in [0.2, 0.25) is 5.82 Å². The van der Waals surface area contributed by atoms with Crippen molar-refractivity contribution in [3.63, 3.8) is 0 Å². The molecular weight excluding hydrogens is 394 g/mol. The molecule has 1 saturated heterocycles. The van der Waals surface area contributed by atoms with Crippen molar-refractivity contribution in [2.75, 3.05) is 38.2 Å². The Hall–Kier alpha value is -3.39. The lowest BCUT2D eigenvalue weighted by Crippen LogP contribution is -2.49. The summed E-state index contributed by atoms with van der Waals surface area (Å²) >= 11 is 0. The number of hydrogen-bond acceptors (Lipinski definition) is 6. The summed E-state index contributed by atoms with van der Waals surface area (Å²) in [6.07, 6.45) is 0.733. The van der Waals surface area contributed by atoms with Gasteiger partial charge in [-0.15, -0.1) is 5.10 Å². The van der Waals surface area contributed by atoms with Crippen LogP contribution in [0.4, 0.5) is 5.69 Å². The van der Waals surface area contributed by atoms with Gasteiger partial charge in [-0.05, 0) is 36.8 Å². The number of anilines is 1. The zero-order chi connectivity index (χ0) is 21.8. The van der Waals surface area contributed by atoms with Gasteiger partial charge in [-0.3, -0.25) is 4.79 Å². The smallest absolute Gasteiger partial charge is 0.293 e. The molecule has 1 fully saturated rings. The van der Waals surface area contributed by atoms with Gasteiger partial charge in [0.15, 0.2) is 0 Å². The third-order valence-electron chi connectivity index (χ3n) is 5.55. The predicted octanol–water partition coefficient (Wildman–Crippen LogP) is 2.29. The van der Waals surface area contributed by atoms with Crippen LogP contribution in [0.3, 0.4) is 0 Å². The number of carbonyl (C=O) groups excluding carboxylic acids is 1. The Bertz CT molecular complexity index is 1010. The van der Waals surface area contributed by atoms with Gasteiger partial charge in [0.25, 0.3) is 5.91 Å². The largest absolute Gasteiger partial charge is 0.497 e. The van der Waals surface area contributed by atoms with E-state index in [0.717, 1.165) is 24.4 Å². The second kappa shape index (κ2) is 9.18. The first-order valence-corrected chi connectivity index (χ1v) is 10.4. The Morgan fingerprint density at radius 3 is 2.39 bits per heavy atom. The van der Waals surface area contributed by atoms with Gasteiger partial charge in [-0.25, -0.2) is 9.67 Å². The van der Waals surface area contributed by atoms with Gasteiger partial charge in [0, 0.05) is 31.9 Å². The lowest BCUT2D eigenvalue weighted by molar-refractivity contribution is 0.0733. The van der Waals surface area contributed by atoms with Crippen molar-refractivity contribution in [2.45, 2.75) is 19.6 Å². The molecule has 2 heterocycles. The third kappa shape index (κ3) is 4.86. The Morgan fingerprint density at radius 1 is 1.06 bits per heavy atom. The molecule has 2 aromatic carbocycles. The fourth-order valence-electron chi connectivity index (χ4n) is 3.65. The zero-order valence-corrected chi connectivity index (χ0v) is 17.8. The Balaban J connectivity index is 1.33. The topological polar surface area (TPSA) is 83.7 Å². The van der Waals surface area contributed by atoms with Crippen molar-refractivity contribution in [1.29, 1.82) is 0 Å². The van der Waals surface area contributed by atoms with Crippen molar-refractivity contribution >= 4 is 11.6 Å². The summed E-state index contributed by atoms with van der Waals surface area (Å²) in [7, 11) is 1.60. The number of aliphatic hydroxyl groups excluding tert-OH is 1. The highest BCUT2D eigenvalue weighted by Crippen LogP contribution is 2.20. The van der Waals surface area contributed by atoms with E-state index in [-0.39, 0.29) is 18.3 Å². The highest BCUT2D eigenvalue weighted by molar-refractivity contribution is 5.90. The monoisotopic (exact) mass is 421 g/mol. The molecule has 0 radical (unpaired) electrons. The Labute approximate surface area is 181 Å². The number of aromatic nitrogens is 3. The predicted molar refractivity (Wildman–Crippen MR) is 117 cm³/mol. The zero-order valence-electron chi connectivity index (χ0n) is 17.8. The maximum absolute atomic E-state index is 12.8. The highest BCUT2D eigenvalue weighted by Gasteiger charge is 2.25. The molecule has 1 aliphatic rings. The lowest BCUT2D eigenvalue weighted by Gasteiger charge is -2.35. The first kappa shape index (κ1) is 20.9. The van der Waals surface area contributed by atoms with E-state index in [1.165, 1.54) is 22.3 Å². The van der Waals surface area contributed by atoms with E-state index in [4.69, 9.17) is 4.74 Å². The minimum atomic E-state index is -0.756. The Kier molecular flexibility index (Phi) is 6.18. The molecule has 4 rings (SSSR count). The van der Waals surface area contributed by atoms with E-state index < -0.39 is 6.10 Å². The molecule has 0 unspecified atom stereocenters. The second-order valence-electron chi connectivity index (χ2n) is 7.69. The molecule has 1 atom stereocenters. The molecule has 8 heteroatoms. The van der Waals surface area contributed by atoms with E-state index in [2.05, 4.69) is 46.2 Å². The van der Waals surface area contributed by atoms with E-state index in [1.807, 2.05) is 0 Å². The number of nitrogens with zero attached hydrogens (tertiary/aromatic N) is 5. The average Bonchev–Trinajstić information content (AvgIpc) is 3.27. The molecule has 0 aliphatic carbocycles. The standard InChI is InChI=1S/C23H27N5O3/c1-17-3-7-19(8-4-17)26-11-13-27(14-12-26)23(30)22-24-16-28(25-22)15-21(29)18-5-9-20(31-2)10-6-18/h3-10,16,21,29H,11-15H2,1-2H3/t21-/m0/s1. The maximum Gasteiger partial charge on any atom is 0.293 e. The van der Waals surface area contributed by atoms with Crippen LogP contribution in [0.1, 0.15) is 27.8 Å². The summed E-state index contributed by atoms with van der Waals surface area (Å²) in [4.78, 5) is 21.0. The van der Waals surface area contributed by atoms with E-state index in [1.54, 1.807) is 36.3 Å². The minimum absolute atomic E-state index is 0.158. The molecule has 0 spiro atoms. The first-order chi connectivity index (χ1) is 15.0. The summed E-state index contributed by atoms with van der Waals surface area (Å²) in [5.41, 5.74) is 3.15. The van der Waals surface area contributed by atoms with Gasteiger partial charge in [-0.1, -0.05) is 29.8 Å². The van der Waals surface area contributed by atoms with Crippen LogP contribution < -0.4 is 9.64 Å². The summed E-state index contributed by atoms with van der Waals surface area (Å²) in [6.45, 7) is 5.07. The molecular formula is C23H27N5O3. The normalized spacial score (nSPS) is 15.1. The van der Waals surface area contributed by atoms with Crippen LogP contribution >= 0.6 is 0 Å². The number of carbonyl (C=O) groups is 1. The maximum atomic E-state index is 12.8. The number of methoxy groups -OCH3 is 1. The third-order valence-corrected chi connectivity index (χ3v) is 5.55. The summed E-state index contributed by atoms with van der Waals surface area (Å²) in [6, 6.07) is 15.6. The average molecular weight is 422 g/mol. The molecule has 3 aromatic rings. The molecule has 1 aliphatic heterocycles. The number of ether oxygens (including phenoxy) is 1. The molecule has 1 aromatic heterocycles. The number of benzene rings is 2. The Morgan fingerprint density at radius 2 is 1.74 bits per heavy atom. The van der Waals surface area contributed by atoms with Crippen molar-refractivity contribution in [3.05, 3.63) is 71.8 Å². The summed E-state index contributed by atoms with van der Waals surface area (Å²) in [5, 5.41) is 14.7. The van der Waals surface area contributed by atoms with Gasteiger partial charge in [0.1, 0.15) is 12.1 Å². The molecule has 31 heavy (non-hydrogen) atoms. The number of rotatable bonds is 6. The minimum Gasteiger partial charge on any atom is -0.497 e. The molecule has 1 amide bonds. The SMILES string of the molecule is COc1ccc([C@@H](O)Cn2cnc(C(=O)N3CCN(c4ccc(C)cc4)CC3)n2)cc1. The fourth-order valence-corrected chi connectivity index (χ4v) is 3.65. The van der Waals surface area contributed by atoms with Crippen LogP contribution in [0.15, 0.2) is 54.9 Å². The second-order valence-corrected chi connectivity index (χ2v) is 7.69. The van der Waals surface area contributed by atoms with E-state index >= 15 is 0 Å². The number of piperazine rings is 1. The van der Waals surface area contributed by atoms with Gasteiger partial charge in [0.05, 0.1) is 19.8 Å². The van der Waals surface area contributed by atoms with Crippen LogP contribution in [0, 0.1) is 6.92 Å². The van der Waals surface area contributed by atoms with Crippen molar-refractivity contribution in [3.8, 4) is 5.75 Å². The molecule has 8 nitrogen and oxygen atoms in total. The lowest BCUT2D eigenvalue weighted by atomic mass is 10.1. The van der Waals surface area contributed by atoms with E-state index in [9.17, 15) is 9.90 Å². The first-order valence-electron chi connectivity index (χ1n) is 10.4. The van der Waals surface area contributed by atoms with Crippen LogP contribution in [0.25, 0.3) is 0 Å². The number of amides is 1. The van der Waals surface area contributed by atoms with Crippen LogP contribution in [0.2, 0.25) is 0 Å². The van der Waals surface area contributed by atoms with Gasteiger partial charge in [-0.2, -0.15) is 0 Å². The van der Waals surface area contributed by atoms with Gasteiger partial charge >= 0.3 is 0 Å². The van der Waals surface area contributed by atoms with Crippen LogP contribution in [-0.4, -0.2) is 64.0 Å².